The van der Waals surface area contributed by atoms with E-state index in [1.807, 2.05) is 91.0 Å². The Labute approximate surface area is 142 Å². The van der Waals surface area contributed by atoms with Crippen molar-refractivity contribution in [2.75, 3.05) is 0 Å². The van der Waals surface area contributed by atoms with Crippen LogP contribution in [0.3, 0.4) is 0 Å². The normalized spacial score (nSPS) is 11.8. The van der Waals surface area contributed by atoms with E-state index in [1.54, 1.807) is 5.98 Å². The molecule has 1 unspecified atom stereocenters. The van der Waals surface area contributed by atoms with Crippen molar-refractivity contribution in [1.82, 2.24) is 0 Å². The van der Waals surface area contributed by atoms with Crippen molar-refractivity contribution in [3.05, 3.63) is 91.0 Å². The van der Waals surface area contributed by atoms with Gasteiger partial charge >= 0.3 is 8.25 Å². The Balaban J connectivity index is 2.37. The highest BCUT2D eigenvalue weighted by Crippen LogP contribution is 2.44. The lowest BCUT2D eigenvalue weighted by molar-refractivity contribution is 0.416. The summed E-state index contributed by atoms with van der Waals surface area (Å²) in [5.74, 6) is 1.58. The van der Waals surface area contributed by atoms with Crippen LogP contribution in [0.4, 0.5) is 0 Å². The fourth-order valence-corrected chi connectivity index (χ4v) is 6.81. The van der Waals surface area contributed by atoms with E-state index in [0.29, 0.717) is 0 Å². The molecule has 3 aromatic rings. The molecule has 0 aliphatic heterocycles. The zero-order valence-electron chi connectivity index (χ0n) is 12.9. The topological polar surface area (TPSA) is 46.5 Å². The average Bonchev–Trinajstić information content (AvgIpc) is 2.65. The predicted octanol–water partition coefficient (Wildman–Crippen LogP) is 3.41. The molecule has 1 atom stereocenters. The Morgan fingerprint density at radius 2 is 1.04 bits per heavy atom. The molecule has 0 saturated heterocycles. The van der Waals surface area contributed by atoms with Crippen LogP contribution in [0.1, 0.15) is 0 Å². The van der Waals surface area contributed by atoms with E-state index >= 15 is 0 Å². The van der Waals surface area contributed by atoms with E-state index in [4.69, 9.17) is 4.52 Å². The van der Waals surface area contributed by atoms with Gasteiger partial charge in [-0.05, 0) is 15.9 Å². The van der Waals surface area contributed by atoms with Gasteiger partial charge in [-0.2, -0.15) is 0 Å². The Morgan fingerprint density at radius 3 is 1.33 bits per heavy atom. The fourth-order valence-electron chi connectivity index (χ4n) is 2.73. The minimum atomic E-state index is -2.71. The van der Waals surface area contributed by atoms with Crippen LogP contribution in [0.25, 0.3) is 0 Å². The molecule has 24 heavy (non-hydrogen) atoms. The summed E-state index contributed by atoms with van der Waals surface area (Å²) >= 11 is 0. The van der Waals surface area contributed by atoms with Gasteiger partial charge in [-0.15, -0.1) is 4.89 Å². The minimum Gasteiger partial charge on any atom is -0.133 e. The number of rotatable bonds is 5. The van der Waals surface area contributed by atoms with E-state index in [2.05, 4.69) is 0 Å². The molecule has 0 aliphatic carbocycles. The molecule has 0 aromatic heterocycles. The van der Waals surface area contributed by atoms with Gasteiger partial charge in [0, 0.05) is 11.5 Å². The number of benzene rings is 3. The second-order valence-electron chi connectivity index (χ2n) is 5.18. The van der Waals surface area contributed by atoms with E-state index in [9.17, 15) is 9.46 Å². The molecule has 1 N–H and O–H groups in total. The summed E-state index contributed by atoms with van der Waals surface area (Å²) in [5, 5.41) is 3.21. The third-order valence-electron chi connectivity index (χ3n) is 3.79. The lowest BCUT2D eigenvalue weighted by Crippen LogP contribution is -2.27. The van der Waals surface area contributed by atoms with E-state index < -0.39 is 15.1 Å². The van der Waals surface area contributed by atoms with Crippen molar-refractivity contribution in [1.29, 1.82) is 0 Å². The summed E-state index contributed by atoms with van der Waals surface area (Å²) in [6.07, 6.45) is 0. The van der Waals surface area contributed by atoms with Crippen molar-refractivity contribution >= 4 is 37.0 Å². The van der Waals surface area contributed by atoms with Gasteiger partial charge in [0.15, 0.2) is 0 Å². The summed E-state index contributed by atoms with van der Waals surface area (Å²) < 4.78 is 16.4. The maximum atomic E-state index is 11.3. The second kappa shape index (κ2) is 7.70. The molecule has 0 amide bonds. The molecule has 0 aliphatic rings. The van der Waals surface area contributed by atoms with Gasteiger partial charge in [0.1, 0.15) is 5.98 Å². The summed E-state index contributed by atoms with van der Waals surface area (Å²) in [4.78, 5) is 9.23. The monoisotopic (exact) mass is 355 g/mol. The van der Waals surface area contributed by atoms with Crippen molar-refractivity contribution < 1.29 is 14.0 Å². The number of hydrogen-bond acceptors (Lipinski definition) is 2. The zero-order valence-corrected chi connectivity index (χ0v) is 14.7. The Bertz CT molecular complexity index is 759. The first-order chi connectivity index (χ1) is 11.7. The molecule has 0 fully saturated rings. The molecule has 0 spiro atoms. The van der Waals surface area contributed by atoms with Crippen molar-refractivity contribution in [2.45, 2.75) is 0 Å². The van der Waals surface area contributed by atoms with Crippen LogP contribution >= 0.6 is 15.1 Å². The maximum absolute atomic E-state index is 11.3. The van der Waals surface area contributed by atoms with Crippen LogP contribution in [0.5, 0.6) is 0 Å². The lowest BCUT2D eigenvalue weighted by atomic mass is 10.4. The molecule has 120 valence electrons. The summed E-state index contributed by atoms with van der Waals surface area (Å²) in [6, 6.07) is 30.0. The van der Waals surface area contributed by atoms with E-state index in [-0.39, 0.29) is 0 Å². The van der Waals surface area contributed by atoms with Crippen LogP contribution in [-0.2, 0) is 9.09 Å². The third kappa shape index (κ3) is 3.40. The first kappa shape index (κ1) is 16.8. The Kier molecular flexibility index (Phi) is 5.40. The van der Waals surface area contributed by atoms with Crippen LogP contribution < -0.4 is 15.9 Å². The summed E-state index contributed by atoms with van der Waals surface area (Å²) in [7, 11) is -2.71. The molecular weight excluding hydrogens is 338 g/mol. The zero-order chi connectivity index (χ0) is 16.8. The smallest absolute Gasteiger partial charge is 0.133 e. The number of hydrogen-bond donors (Lipinski definition) is 1. The van der Waals surface area contributed by atoms with E-state index in [1.165, 1.54) is 0 Å². The third-order valence-corrected chi connectivity index (χ3v) is 8.00. The Hall–Kier alpha value is -2.02. The molecule has 0 radical (unpaired) electrons. The molecule has 3 nitrogen and oxygen atoms in total. The van der Waals surface area contributed by atoms with Crippen molar-refractivity contribution in [3.8, 4) is 0 Å². The molecule has 3 aromatic carbocycles. The van der Waals surface area contributed by atoms with Gasteiger partial charge in [0.25, 0.3) is 0 Å². The van der Waals surface area contributed by atoms with Gasteiger partial charge in [-0.25, -0.2) is 0 Å². The van der Waals surface area contributed by atoms with Gasteiger partial charge < -0.3 is 0 Å². The van der Waals surface area contributed by atoms with Crippen molar-refractivity contribution in [2.24, 2.45) is 0 Å². The summed E-state index contributed by atoms with van der Waals surface area (Å²) in [5.41, 5.74) is 0. The average molecular weight is 355 g/mol. The van der Waals surface area contributed by atoms with Crippen LogP contribution in [0, 0.1) is 0 Å². The van der Waals surface area contributed by atoms with Gasteiger partial charge in [-0.1, -0.05) is 95.5 Å². The fraction of sp³-hybridized carbons (Fsp3) is 0. The first-order valence-corrected chi connectivity index (χ1v) is 10.5. The second-order valence-corrected chi connectivity index (χ2v) is 9.07. The molecule has 0 heterocycles. The van der Waals surface area contributed by atoms with Crippen LogP contribution in [0.15, 0.2) is 91.0 Å². The van der Waals surface area contributed by atoms with Crippen LogP contribution in [0.2, 0.25) is 0 Å². The molecular formula is C19H17O3P2+. The van der Waals surface area contributed by atoms with Gasteiger partial charge in [-0.3, -0.25) is 0 Å². The van der Waals surface area contributed by atoms with Crippen molar-refractivity contribution in [3.63, 3.8) is 0 Å². The largest absolute Gasteiger partial charge is 0.699 e. The standard InChI is InChI=1S/C19H16O3P2/c20-23(21)22-16-24(17-10-4-1-5-11-17,18-12-6-2-7-13-18)19-14-8-3-9-15-19/h1-16H/p+1. The van der Waals surface area contributed by atoms with Gasteiger partial charge in [0.05, 0.1) is 0 Å². The maximum Gasteiger partial charge on any atom is 0.699 e. The summed E-state index contributed by atoms with van der Waals surface area (Å²) in [6.45, 7) is -2.30. The first-order valence-electron chi connectivity index (χ1n) is 7.46. The lowest BCUT2D eigenvalue weighted by Gasteiger charge is -2.26. The highest BCUT2D eigenvalue weighted by molar-refractivity contribution is 7.94. The minimum absolute atomic E-state index is 1.07. The predicted molar refractivity (Wildman–Crippen MR) is 102 cm³/mol. The quantitative estimate of drug-likeness (QED) is 0.714. The molecule has 0 bridgehead atoms. The van der Waals surface area contributed by atoms with Gasteiger partial charge in [0.2, 0.25) is 0 Å². The molecule has 5 heteroatoms. The van der Waals surface area contributed by atoms with Crippen LogP contribution in [-0.4, -0.2) is 10.9 Å². The highest BCUT2D eigenvalue weighted by Gasteiger charge is 2.27. The Morgan fingerprint density at radius 1 is 0.708 bits per heavy atom. The molecule has 0 saturated carbocycles. The molecule has 3 rings (SSSR count). The SMILES string of the molecule is O=[P+](O)OC=P(c1ccccc1)(c1ccccc1)c1ccccc1. The van der Waals surface area contributed by atoms with E-state index in [0.717, 1.165) is 15.9 Å². The highest BCUT2D eigenvalue weighted by atomic mass is 31.2.